The predicted molar refractivity (Wildman–Crippen MR) is 54.3 cm³/mol. The molecule has 0 unspecified atom stereocenters. The van der Waals surface area contributed by atoms with E-state index in [0.717, 1.165) is 13.1 Å². The molecule has 0 rings (SSSR count). The van der Waals surface area contributed by atoms with Gasteiger partial charge in [0, 0.05) is 13.1 Å². The minimum absolute atomic E-state index is 0.132. The van der Waals surface area contributed by atoms with Crippen molar-refractivity contribution in [3.05, 3.63) is 0 Å². The Kier molecular flexibility index (Phi) is 9.93. The van der Waals surface area contributed by atoms with Gasteiger partial charge in [-0.2, -0.15) is 8.42 Å². The largest absolute Gasteiger partial charge is 0.329 e. The number of hydrogen-bond acceptors (Lipinski definition) is 4. The first-order chi connectivity index (χ1) is 5.83. The number of rotatable bonds is 4. The van der Waals surface area contributed by atoms with Gasteiger partial charge in [-0.3, -0.25) is 4.55 Å². The van der Waals surface area contributed by atoms with E-state index in [9.17, 15) is 8.42 Å². The Morgan fingerprint density at radius 3 is 1.85 bits per heavy atom. The number of nitrogens with zero attached hydrogens (tertiary/aromatic N) is 1. The van der Waals surface area contributed by atoms with E-state index < -0.39 is 10.1 Å². The summed E-state index contributed by atoms with van der Waals surface area (Å²) in [6.45, 7) is 3.43. The zero-order valence-corrected chi connectivity index (χ0v) is 9.34. The molecule has 0 fully saturated rings. The van der Waals surface area contributed by atoms with Gasteiger partial charge in [0.2, 0.25) is 0 Å². The summed E-state index contributed by atoms with van der Waals surface area (Å²) in [6, 6.07) is 0. The van der Waals surface area contributed by atoms with Crippen molar-refractivity contribution in [2.45, 2.75) is 13.3 Å². The number of hydrogen-bond donors (Lipinski definition) is 2. The summed E-state index contributed by atoms with van der Waals surface area (Å²) < 4.78 is 27.6. The van der Waals surface area contributed by atoms with Crippen LogP contribution in [0.15, 0.2) is 0 Å². The van der Waals surface area contributed by atoms with Gasteiger partial charge < -0.3 is 10.6 Å². The van der Waals surface area contributed by atoms with E-state index in [1.807, 2.05) is 14.1 Å². The summed E-state index contributed by atoms with van der Waals surface area (Å²) in [5.74, 6) is -0.132. The molecule has 0 aromatic carbocycles. The van der Waals surface area contributed by atoms with Crippen LogP contribution in [-0.4, -0.2) is 50.8 Å². The fourth-order valence-corrected chi connectivity index (χ4v) is 1.03. The Morgan fingerprint density at radius 1 is 1.38 bits per heavy atom. The third kappa shape index (κ3) is 24.5. The van der Waals surface area contributed by atoms with Crippen LogP contribution in [0, 0.1) is 0 Å². The molecule has 0 radical (unpaired) electrons. The third-order valence-corrected chi connectivity index (χ3v) is 1.96. The monoisotopic (exact) mass is 212 g/mol. The molecular formula is C7H20N2O3S. The summed E-state index contributed by atoms with van der Waals surface area (Å²) >= 11 is 0. The molecule has 6 heteroatoms. The van der Waals surface area contributed by atoms with Gasteiger partial charge in [-0.1, -0.05) is 6.92 Å². The first kappa shape index (κ1) is 15.3. The van der Waals surface area contributed by atoms with E-state index in [1.165, 1.54) is 0 Å². The second-order valence-corrected chi connectivity index (χ2v) is 4.45. The van der Waals surface area contributed by atoms with Gasteiger partial charge >= 0.3 is 0 Å². The van der Waals surface area contributed by atoms with E-state index >= 15 is 0 Å². The Bertz CT molecular complexity index is 190. The topological polar surface area (TPSA) is 83.6 Å². The van der Waals surface area contributed by atoms with Crippen LogP contribution < -0.4 is 5.73 Å². The molecule has 13 heavy (non-hydrogen) atoms. The normalized spacial score (nSPS) is 10.9. The third-order valence-electron chi connectivity index (χ3n) is 1.04. The van der Waals surface area contributed by atoms with E-state index in [0.29, 0.717) is 6.42 Å². The lowest BCUT2D eigenvalue weighted by Crippen LogP contribution is -2.20. The fourth-order valence-electron chi connectivity index (χ4n) is 0.516. The van der Waals surface area contributed by atoms with Crippen LogP contribution in [0.25, 0.3) is 0 Å². The quantitative estimate of drug-likeness (QED) is 0.630. The molecule has 0 saturated carbocycles. The highest BCUT2D eigenvalue weighted by molar-refractivity contribution is 7.85. The van der Waals surface area contributed by atoms with Gasteiger partial charge in [-0.15, -0.1) is 0 Å². The molecule has 0 bridgehead atoms. The first-order valence-corrected chi connectivity index (χ1v) is 5.74. The fraction of sp³-hybridized carbons (Fsp3) is 1.00. The number of nitrogens with two attached hydrogens (primary N) is 1. The van der Waals surface area contributed by atoms with Crippen LogP contribution >= 0.6 is 0 Å². The summed E-state index contributed by atoms with van der Waals surface area (Å²) in [4.78, 5) is 2.06. The van der Waals surface area contributed by atoms with Gasteiger partial charge in [-0.25, -0.2) is 0 Å². The van der Waals surface area contributed by atoms with Gasteiger partial charge in [0.1, 0.15) is 0 Å². The summed E-state index contributed by atoms with van der Waals surface area (Å²) in [6.07, 6.45) is 0.471. The lowest BCUT2D eigenvalue weighted by molar-refractivity contribution is 0.420. The van der Waals surface area contributed by atoms with Crippen molar-refractivity contribution < 1.29 is 13.0 Å². The molecule has 0 aromatic heterocycles. The molecule has 0 amide bonds. The van der Waals surface area contributed by atoms with Crippen molar-refractivity contribution in [3.63, 3.8) is 0 Å². The van der Waals surface area contributed by atoms with Gasteiger partial charge in [0.25, 0.3) is 10.1 Å². The highest BCUT2D eigenvalue weighted by atomic mass is 32.2. The van der Waals surface area contributed by atoms with E-state index in [-0.39, 0.29) is 5.75 Å². The second kappa shape index (κ2) is 8.43. The average molecular weight is 212 g/mol. The minimum Gasteiger partial charge on any atom is -0.329 e. The zero-order valence-electron chi connectivity index (χ0n) is 8.52. The summed E-state index contributed by atoms with van der Waals surface area (Å²) in [7, 11) is 0.339. The van der Waals surface area contributed by atoms with Crippen LogP contribution in [0.1, 0.15) is 13.3 Å². The van der Waals surface area contributed by atoms with E-state index in [1.54, 1.807) is 6.92 Å². The summed E-state index contributed by atoms with van der Waals surface area (Å²) in [5, 5.41) is 0. The van der Waals surface area contributed by atoms with Crippen molar-refractivity contribution in [1.82, 2.24) is 4.90 Å². The average Bonchev–Trinajstić information content (AvgIpc) is 1.84. The summed E-state index contributed by atoms with van der Waals surface area (Å²) in [5.41, 5.74) is 5.19. The highest BCUT2D eigenvalue weighted by Crippen LogP contribution is 1.83. The zero-order chi connectivity index (χ0) is 10.9. The Hall–Kier alpha value is -0.170. The highest BCUT2D eigenvalue weighted by Gasteiger charge is 1.98. The van der Waals surface area contributed by atoms with Gasteiger partial charge in [0.05, 0.1) is 5.75 Å². The van der Waals surface area contributed by atoms with Crippen LogP contribution in [0.4, 0.5) is 0 Å². The van der Waals surface area contributed by atoms with Crippen molar-refractivity contribution >= 4 is 10.1 Å². The van der Waals surface area contributed by atoms with Crippen molar-refractivity contribution in [3.8, 4) is 0 Å². The molecule has 0 aliphatic carbocycles. The predicted octanol–water partition coefficient (Wildman–Crippen LogP) is -0.209. The first-order valence-electron chi connectivity index (χ1n) is 4.13. The lowest BCUT2D eigenvalue weighted by Gasteiger charge is -2.03. The maximum Gasteiger partial charge on any atom is 0.264 e. The molecule has 0 aliphatic rings. The van der Waals surface area contributed by atoms with E-state index in [2.05, 4.69) is 4.90 Å². The number of likely N-dealkylation sites (N-methyl/N-ethyl adjacent to an activating group) is 1. The van der Waals surface area contributed by atoms with Gasteiger partial charge in [0.15, 0.2) is 0 Å². The standard InChI is InChI=1S/C4H12N2.C3H8O3S/c1-6(2)4-3-5;1-2-3-7(4,5)6/h3-5H2,1-2H3;2-3H2,1H3,(H,4,5,6). The Morgan fingerprint density at radius 2 is 1.85 bits per heavy atom. The second-order valence-electron chi connectivity index (χ2n) is 2.88. The molecule has 0 saturated heterocycles. The van der Waals surface area contributed by atoms with Crippen LogP contribution in [0.3, 0.4) is 0 Å². The van der Waals surface area contributed by atoms with Crippen molar-refractivity contribution in [2.75, 3.05) is 32.9 Å². The molecule has 0 aliphatic heterocycles. The van der Waals surface area contributed by atoms with Crippen molar-refractivity contribution in [1.29, 1.82) is 0 Å². The Balaban J connectivity index is 0. The van der Waals surface area contributed by atoms with E-state index in [4.69, 9.17) is 10.3 Å². The van der Waals surface area contributed by atoms with Gasteiger partial charge in [-0.05, 0) is 20.5 Å². The van der Waals surface area contributed by atoms with Crippen molar-refractivity contribution in [2.24, 2.45) is 5.73 Å². The molecule has 0 aromatic rings. The van der Waals surface area contributed by atoms with Crippen LogP contribution in [-0.2, 0) is 10.1 Å². The SMILES string of the molecule is CCCS(=O)(=O)O.CN(C)CCN. The smallest absolute Gasteiger partial charge is 0.264 e. The van der Waals surface area contributed by atoms with Crippen LogP contribution in [0.2, 0.25) is 0 Å². The maximum atomic E-state index is 9.79. The van der Waals surface area contributed by atoms with Crippen LogP contribution in [0.5, 0.6) is 0 Å². The molecular weight excluding hydrogens is 192 g/mol. The molecule has 0 spiro atoms. The molecule has 3 N–H and O–H groups in total. The maximum absolute atomic E-state index is 9.79. The molecule has 0 atom stereocenters. The molecule has 0 heterocycles. The minimum atomic E-state index is -3.67. The Labute approximate surface area is 80.7 Å². The lowest BCUT2D eigenvalue weighted by atomic mass is 10.6. The molecule has 82 valence electrons. The molecule has 5 nitrogen and oxygen atoms in total.